The highest BCUT2D eigenvalue weighted by Gasteiger charge is 2.40. The van der Waals surface area contributed by atoms with Crippen LogP contribution >= 0.6 is 0 Å². The van der Waals surface area contributed by atoms with Gasteiger partial charge in [-0.2, -0.15) is 0 Å². The predicted molar refractivity (Wildman–Crippen MR) is 79.4 cm³/mol. The van der Waals surface area contributed by atoms with Crippen molar-refractivity contribution >= 4 is 5.78 Å². The molecule has 1 aliphatic carbocycles. The first kappa shape index (κ1) is 14.3. The van der Waals surface area contributed by atoms with Crippen molar-refractivity contribution in [2.75, 3.05) is 0 Å². The van der Waals surface area contributed by atoms with Crippen molar-refractivity contribution in [3.05, 3.63) is 35.4 Å². The van der Waals surface area contributed by atoms with Crippen LogP contribution in [0.4, 0.5) is 0 Å². The van der Waals surface area contributed by atoms with Crippen LogP contribution in [0.1, 0.15) is 68.8 Å². The molecular formula is C17H25NO. The van der Waals surface area contributed by atoms with Crippen LogP contribution in [0, 0.1) is 5.41 Å². The van der Waals surface area contributed by atoms with Gasteiger partial charge in [0.2, 0.25) is 0 Å². The molecule has 1 fully saturated rings. The first-order valence-corrected chi connectivity index (χ1v) is 7.17. The van der Waals surface area contributed by atoms with Gasteiger partial charge in [0.15, 0.2) is 5.78 Å². The lowest BCUT2D eigenvalue weighted by molar-refractivity contribution is 0.0735. The number of hydrogen-bond acceptors (Lipinski definition) is 2. The molecule has 0 radical (unpaired) electrons. The maximum Gasteiger partial charge on any atom is 0.170 e. The minimum Gasteiger partial charge on any atom is -0.325 e. The van der Waals surface area contributed by atoms with Gasteiger partial charge in [0.05, 0.1) is 0 Å². The van der Waals surface area contributed by atoms with Crippen LogP contribution in [0.5, 0.6) is 0 Å². The molecule has 0 aromatic heterocycles. The number of benzene rings is 1. The summed E-state index contributed by atoms with van der Waals surface area (Å²) in [5, 5.41) is 0. The standard InChI is InChI=1S/C17H25NO/c1-16(2,17(3,4)18)15(19)14-10-8-13(9-11-14)12-6-5-7-12/h8-12H,5-7,18H2,1-4H3. The molecule has 19 heavy (non-hydrogen) atoms. The van der Waals surface area contributed by atoms with E-state index in [9.17, 15) is 4.79 Å². The van der Waals surface area contributed by atoms with Crippen LogP contribution in [-0.4, -0.2) is 11.3 Å². The van der Waals surface area contributed by atoms with Gasteiger partial charge in [-0.25, -0.2) is 0 Å². The summed E-state index contributed by atoms with van der Waals surface area (Å²) < 4.78 is 0. The zero-order chi connectivity index (χ0) is 14.3. The van der Waals surface area contributed by atoms with Gasteiger partial charge < -0.3 is 5.73 Å². The lowest BCUT2D eigenvalue weighted by Crippen LogP contribution is -2.51. The summed E-state index contributed by atoms with van der Waals surface area (Å²) in [5.41, 5.74) is 7.18. The lowest BCUT2D eigenvalue weighted by Gasteiger charge is -2.37. The molecule has 1 aromatic carbocycles. The smallest absolute Gasteiger partial charge is 0.170 e. The number of nitrogens with two attached hydrogens (primary N) is 1. The minimum atomic E-state index is -0.564. The second-order valence-electron chi connectivity index (χ2n) is 6.93. The number of ketones is 1. The van der Waals surface area contributed by atoms with E-state index in [1.54, 1.807) is 0 Å². The largest absolute Gasteiger partial charge is 0.325 e. The van der Waals surface area contributed by atoms with Crippen molar-refractivity contribution in [3.63, 3.8) is 0 Å². The first-order valence-electron chi connectivity index (χ1n) is 7.17. The average molecular weight is 259 g/mol. The fraction of sp³-hybridized carbons (Fsp3) is 0.588. The van der Waals surface area contributed by atoms with Crippen LogP contribution in [0.15, 0.2) is 24.3 Å². The van der Waals surface area contributed by atoms with Crippen molar-refractivity contribution in [1.82, 2.24) is 0 Å². The summed E-state index contributed by atoms with van der Waals surface area (Å²) in [5.74, 6) is 0.836. The molecule has 2 heteroatoms. The quantitative estimate of drug-likeness (QED) is 0.833. The molecule has 2 N–H and O–H groups in total. The molecule has 1 aliphatic rings. The zero-order valence-corrected chi connectivity index (χ0v) is 12.5. The summed E-state index contributed by atoms with van der Waals surface area (Å²) in [7, 11) is 0. The molecule has 0 saturated heterocycles. The van der Waals surface area contributed by atoms with Crippen LogP contribution in [0.25, 0.3) is 0 Å². The van der Waals surface area contributed by atoms with Crippen molar-refractivity contribution in [1.29, 1.82) is 0 Å². The van der Waals surface area contributed by atoms with Gasteiger partial charge in [0.1, 0.15) is 0 Å². The molecule has 0 spiro atoms. The van der Waals surface area contributed by atoms with Crippen molar-refractivity contribution in [2.24, 2.45) is 11.1 Å². The molecule has 1 aromatic rings. The van der Waals surface area contributed by atoms with Crippen molar-refractivity contribution < 1.29 is 4.79 Å². The number of Topliss-reactive ketones (excluding diaryl/α,β-unsaturated/α-hetero) is 1. The molecule has 0 unspecified atom stereocenters. The van der Waals surface area contributed by atoms with E-state index in [1.807, 2.05) is 39.8 Å². The van der Waals surface area contributed by atoms with Gasteiger partial charge in [0, 0.05) is 16.5 Å². The fourth-order valence-electron chi connectivity index (χ4n) is 2.30. The zero-order valence-electron chi connectivity index (χ0n) is 12.5. The van der Waals surface area contributed by atoms with E-state index >= 15 is 0 Å². The molecule has 0 atom stereocenters. The number of carbonyl (C=O) groups excluding carboxylic acids is 1. The topological polar surface area (TPSA) is 43.1 Å². The Hall–Kier alpha value is -1.15. The number of hydrogen-bond donors (Lipinski definition) is 1. The summed E-state index contributed by atoms with van der Waals surface area (Å²) in [6.45, 7) is 7.67. The summed E-state index contributed by atoms with van der Waals surface area (Å²) in [6, 6.07) is 8.14. The lowest BCUT2D eigenvalue weighted by atomic mass is 9.70. The maximum atomic E-state index is 12.6. The molecular weight excluding hydrogens is 234 g/mol. The SMILES string of the molecule is CC(C)(N)C(C)(C)C(=O)c1ccc(C2CCC2)cc1. The summed E-state index contributed by atoms with van der Waals surface area (Å²) >= 11 is 0. The molecule has 2 nitrogen and oxygen atoms in total. The van der Waals surface area contributed by atoms with E-state index in [4.69, 9.17) is 5.73 Å². The Labute approximate surface area is 116 Å². The second-order valence-corrected chi connectivity index (χ2v) is 6.93. The average Bonchev–Trinajstić information content (AvgIpc) is 2.25. The third-order valence-electron chi connectivity index (χ3n) is 4.93. The highest BCUT2D eigenvalue weighted by atomic mass is 16.1. The second kappa shape index (κ2) is 4.75. The molecule has 104 valence electrons. The first-order chi connectivity index (χ1) is 8.73. The van der Waals surface area contributed by atoms with Gasteiger partial charge in [0.25, 0.3) is 0 Å². The van der Waals surface area contributed by atoms with E-state index in [1.165, 1.54) is 24.8 Å². The number of rotatable bonds is 4. The van der Waals surface area contributed by atoms with Gasteiger partial charge in [-0.05, 0) is 38.2 Å². The monoisotopic (exact) mass is 259 g/mol. The van der Waals surface area contributed by atoms with Gasteiger partial charge >= 0.3 is 0 Å². The molecule has 0 amide bonds. The molecule has 1 saturated carbocycles. The maximum absolute atomic E-state index is 12.6. The van der Waals surface area contributed by atoms with Crippen LogP contribution in [0.3, 0.4) is 0 Å². The van der Waals surface area contributed by atoms with E-state index in [0.29, 0.717) is 5.92 Å². The predicted octanol–water partition coefficient (Wildman–Crippen LogP) is 3.90. The Morgan fingerprint density at radius 2 is 1.63 bits per heavy atom. The third-order valence-corrected chi connectivity index (χ3v) is 4.93. The van der Waals surface area contributed by atoms with Gasteiger partial charge in [-0.1, -0.05) is 44.5 Å². The van der Waals surface area contributed by atoms with E-state index in [2.05, 4.69) is 12.1 Å². The van der Waals surface area contributed by atoms with Crippen LogP contribution in [-0.2, 0) is 0 Å². The van der Waals surface area contributed by atoms with Gasteiger partial charge in [-0.15, -0.1) is 0 Å². The van der Waals surface area contributed by atoms with Crippen molar-refractivity contribution in [2.45, 2.75) is 58.4 Å². The third kappa shape index (κ3) is 2.59. The summed E-state index contributed by atoms with van der Waals surface area (Å²) in [4.78, 5) is 12.6. The van der Waals surface area contributed by atoms with E-state index in [0.717, 1.165) is 5.56 Å². The van der Waals surface area contributed by atoms with E-state index < -0.39 is 11.0 Å². The Balaban J connectivity index is 2.20. The van der Waals surface area contributed by atoms with Crippen LogP contribution in [0.2, 0.25) is 0 Å². The van der Waals surface area contributed by atoms with Gasteiger partial charge in [-0.3, -0.25) is 4.79 Å². The Morgan fingerprint density at radius 1 is 1.11 bits per heavy atom. The fourth-order valence-corrected chi connectivity index (χ4v) is 2.30. The van der Waals surface area contributed by atoms with Crippen LogP contribution < -0.4 is 5.73 Å². The Kier molecular flexibility index (Phi) is 3.57. The molecule has 0 heterocycles. The summed E-state index contributed by atoms with van der Waals surface area (Å²) in [6.07, 6.45) is 3.91. The minimum absolute atomic E-state index is 0.125. The molecule has 0 aliphatic heterocycles. The molecule has 0 bridgehead atoms. The Bertz CT molecular complexity index is 461. The highest BCUT2D eigenvalue weighted by Crippen LogP contribution is 2.37. The highest BCUT2D eigenvalue weighted by molar-refractivity contribution is 6.01. The van der Waals surface area contributed by atoms with Crippen molar-refractivity contribution in [3.8, 4) is 0 Å². The van der Waals surface area contributed by atoms with E-state index in [-0.39, 0.29) is 5.78 Å². The normalized spacial score (nSPS) is 17.1. The Morgan fingerprint density at radius 3 is 2.00 bits per heavy atom. The number of carbonyl (C=O) groups is 1. The molecule has 2 rings (SSSR count).